The number of halogens is 3. The number of carbonyl (C=O) groups is 2. The van der Waals surface area contributed by atoms with Crippen molar-refractivity contribution in [1.29, 1.82) is 0 Å². The van der Waals surface area contributed by atoms with Crippen LogP contribution < -0.4 is 10.1 Å². The predicted octanol–water partition coefficient (Wildman–Crippen LogP) is 5.36. The Morgan fingerprint density at radius 3 is 2.33 bits per heavy atom. The summed E-state index contributed by atoms with van der Waals surface area (Å²) in [5.74, 6) is -0.316. The molecule has 0 spiro atoms. The maximum Gasteiger partial charge on any atom is 0.261 e. The van der Waals surface area contributed by atoms with Gasteiger partial charge in [-0.05, 0) is 57.5 Å². The van der Waals surface area contributed by atoms with Crippen LogP contribution in [0.2, 0.25) is 15.1 Å². The van der Waals surface area contributed by atoms with Gasteiger partial charge in [-0.15, -0.1) is 0 Å². The first-order chi connectivity index (χ1) is 14.0. The molecule has 2 aromatic rings. The lowest BCUT2D eigenvalue weighted by Crippen LogP contribution is -2.53. The first-order valence-corrected chi connectivity index (χ1v) is 10.5. The lowest BCUT2D eigenvalue weighted by atomic mass is 10.1. The van der Waals surface area contributed by atoms with Gasteiger partial charge in [0, 0.05) is 22.1 Å². The van der Waals surface area contributed by atoms with Gasteiger partial charge in [0.2, 0.25) is 5.91 Å². The molecule has 0 aliphatic heterocycles. The van der Waals surface area contributed by atoms with Gasteiger partial charge in [0.25, 0.3) is 5.91 Å². The van der Waals surface area contributed by atoms with Gasteiger partial charge in [0.1, 0.15) is 11.8 Å². The van der Waals surface area contributed by atoms with Gasteiger partial charge < -0.3 is 15.0 Å². The molecule has 0 aliphatic carbocycles. The van der Waals surface area contributed by atoms with Crippen LogP contribution in [0.3, 0.4) is 0 Å². The maximum atomic E-state index is 13.0. The van der Waals surface area contributed by atoms with E-state index < -0.39 is 11.6 Å². The van der Waals surface area contributed by atoms with Crippen LogP contribution in [0.1, 0.15) is 33.3 Å². The van der Waals surface area contributed by atoms with Crippen LogP contribution in [0.25, 0.3) is 0 Å². The molecule has 2 rings (SSSR count). The Balaban J connectivity index is 2.21. The van der Waals surface area contributed by atoms with Crippen LogP contribution in [0.5, 0.6) is 5.75 Å². The number of amides is 2. The van der Waals surface area contributed by atoms with Crippen LogP contribution >= 0.6 is 34.8 Å². The van der Waals surface area contributed by atoms with Crippen molar-refractivity contribution in [1.82, 2.24) is 10.2 Å². The molecule has 1 atom stereocenters. The summed E-state index contributed by atoms with van der Waals surface area (Å²) in [5, 5.41) is 4.18. The molecule has 0 saturated heterocycles. The van der Waals surface area contributed by atoms with Crippen molar-refractivity contribution in [3.05, 3.63) is 63.1 Å². The first-order valence-electron chi connectivity index (χ1n) is 9.40. The fourth-order valence-corrected chi connectivity index (χ4v) is 3.34. The molecule has 0 aliphatic rings. The smallest absolute Gasteiger partial charge is 0.261 e. The summed E-state index contributed by atoms with van der Waals surface area (Å²) < 4.78 is 5.59. The molecule has 2 amide bonds. The third kappa shape index (κ3) is 7.08. The molecule has 0 heterocycles. The summed E-state index contributed by atoms with van der Waals surface area (Å²) in [6.07, 6.45) is 0. The average Bonchev–Trinajstić information content (AvgIpc) is 2.64. The summed E-state index contributed by atoms with van der Waals surface area (Å²) in [6, 6.07) is 11.2. The van der Waals surface area contributed by atoms with Gasteiger partial charge in [-0.2, -0.15) is 0 Å². The molecule has 0 fully saturated rings. The van der Waals surface area contributed by atoms with Crippen LogP contribution in [0.15, 0.2) is 42.5 Å². The summed E-state index contributed by atoms with van der Waals surface area (Å²) in [7, 11) is 0. The summed E-state index contributed by atoms with van der Waals surface area (Å²) in [4.78, 5) is 27.2. The number of benzene rings is 2. The van der Waals surface area contributed by atoms with E-state index in [-0.39, 0.29) is 25.0 Å². The average molecular weight is 472 g/mol. The Labute approximate surface area is 192 Å². The molecule has 0 saturated carbocycles. The Kier molecular flexibility index (Phi) is 8.42. The zero-order valence-corrected chi connectivity index (χ0v) is 19.6. The molecule has 0 aromatic heterocycles. The van der Waals surface area contributed by atoms with Crippen molar-refractivity contribution in [2.24, 2.45) is 0 Å². The number of nitrogens with one attached hydrogen (secondary N) is 1. The second kappa shape index (κ2) is 10.4. The summed E-state index contributed by atoms with van der Waals surface area (Å²) >= 11 is 18.3. The van der Waals surface area contributed by atoms with Crippen molar-refractivity contribution in [2.45, 2.75) is 45.8 Å². The molecular weight excluding hydrogens is 447 g/mol. The maximum absolute atomic E-state index is 13.0. The lowest BCUT2D eigenvalue weighted by Gasteiger charge is -2.31. The second-order valence-corrected chi connectivity index (χ2v) is 9.14. The third-order valence-corrected chi connectivity index (χ3v) is 5.11. The summed E-state index contributed by atoms with van der Waals surface area (Å²) in [6.45, 7) is 7.18. The molecular formula is C22H25Cl3N2O3. The Hall–Kier alpha value is -1.95. The third-order valence-electron chi connectivity index (χ3n) is 4.21. The van der Waals surface area contributed by atoms with E-state index in [1.165, 1.54) is 11.0 Å². The molecule has 0 radical (unpaired) electrons. The van der Waals surface area contributed by atoms with Crippen molar-refractivity contribution in [3.8, 4) is 5.75 Å². The SMILES string of the molecule is CC(C(=O)NC(C)(C)C)N(Cc1ccccc1Cl)C(=O)COc1ccc(Cl)cc1Cl. The largest absolute Gasteiger partial charge is 0.482 e. The molecule has 162 valence electrons. The molecule has 2 aromatic carbocycles. The highest BCUT2D eigenvalue weighted by molar-refractivity contribution is 6.35. The highest BCUT2D eigenvalue weighted by atomic mass is 35.5. The van der Waals surface area contributed by atoms with Crippen molar-refractivity contribution in [3.63, 3.8) is 0 Å². The molecule has 8 heteroatoms. The molecule has 5 nitrogen and oxygen atoms in total. The van der Waals surface area contributed by atoms with E-state index in [4.69, 9.17) is 39.5 Å². The van der Waals surface area contributed by atoms with E-state index in [1.54, 1.807) is 31.2 Å². The van der Waals surface area contributed by atoms with Gasteiger partial charge in [-0.1, -0.05) is 53.0 Å². The zero-order chi connectivity index (χ0) is 22.5. The number of nitrogens with zero attached hydrogens (tertiary/aromatic N) is 1. The van der Waals surface area contributed by atoms with Gasteiger partial charge in [-0.25, -0.2) is 0 Å². The number of rotatable bonds is 7. The molecule has 1 unspecified atom stereocenters. The quantitative estimate of drug-likeness (QED) is 0.591. The highest BCUT2D eigenvalue weighted by Gasteiger charge is 2.29. The summed E-state index contributed by atoms with van der Waals surface area (Å²) in [5.41, 5.74) is 0.296. The van der Waals surface area contributed by atoms with Gasteiger partial charge in [0.05, 0.1) is 5.02 Å². The first kappa shape index (κ1) is 24.3. The minimum absolute atomic E-state index is 0.162. The standard InChI is InChI=1S/C22H25Cl3N2O3/c1-14(21(29)26-22(2,3)4)27(12-15-7-5-6-8-17(15)24)20(28)13-30-19-10-9-16(23)11-18(19)25/h5-11,14H,12-13H2,1-4H3,(H,26,29). The van der Waals surface area contributed by atoms with Gasteiger partial charge >= 0.3 is 0 Å². The topological polar surface area (TPSA) is 58.6 Å². The van der Waals surface area contributed by atoms with E-state index in [1.807, 2.05) is 32.9 Å². The van der Waals surface area contributed by atoms with Crippen LogP contribution in [0.4, 0.5) is 0 Å². The Bertz CT molecular complexity index is 913. The number of hydrogen-bond acceptors (Lipinski definition) is 3. The van der Waals surface area contributed by atoms with Crippen molar-refractivity contribution in [2.75, 3.05) is 6.61 Å². The molecule has 0 bridgehead atoms. The Morgan fingerprint density at radius 2 is 1.73 bits per heavy atom. The fourth-order valence-electron chi connectivity index (χ4n) is 2.68. The fraction of sp³-hybridized carbons (Fsp3) is 0.364. The number of carbonyl (C=O) groups excluding carboxylic acids is 2. The van der Waals surface area contributed by atoms with E-state index >= 15 is 0 Å². The minimum atomic E-state index is -0.739. The molecule has 1 N–H and O–H groups in total. The van der Waals surface area contributed by atoms with Gasteiger partial charge in [-0.3, -0.25) is 9.59 Å². The monoisotopic (exact) mass is 470 g/mol. The number of hydrogen-bond donors (Lipinski definition) is 1. The van der Waals surface area contributed by atoms with E-state index in [2.05, 4.69) is 5.32 Å². The second-order valence-electron chi connectivity index (χ2n) is 7.89. The lowest BCUT2D eigenvalue weighted by molar-refractivity contribution is -0.142. The van der Waals surface area contributed by atoms with E-state index in [9.17, 15) is 9.59 Å². The zero-order valence-electron chi connectivity index (χ0n) is 17.3. The minimum Gasteiger partial charge on any atom is -0.482 e. The number of ether oxygens (including phenoxy) is 1. The predicted molar refractivity (Wildman–Crippen MR) is 121 cm³/mol. The molecule has 30 heavy (non-hydrogen) atoms. The van der Waals surface area contributed by atoms with Crippen LogP contribution in [-0.2, 0) is 16.1 Å². The van der Waals surface area contributed by atoms with Crippen LogP contribution in [0, 0.1) is 0 Å². The van der Waals surface area contributed by atoms with Gasteiger partial charge in [0.15, 0.2) is 6.61 Å². The normalized spacial score (nSPS) is 12.2. The van der Waals surface area contributed by atoms with Crippen molar-refractivity contribution < 1.29 is 14.3 Å². The van der Waals surface area contributed by atoms with E-state index in [0.717, 1.165) is 5.56 Å². The highest BCUT2D eigenvalue weighted by Crippen LogP contribution is 2.27. The van der Waals surface area contributed by atoms with E-state index in [0.29, 0.717) is 20.8 Å². The van der Waals surface area contributed by atoms with Crippen LogP contribution in [-0.4, -0.2) is 34.9 Å². The Morgan fingerprint density at radius 1 is 1.07 bits per heavy atom. The van der Waals surface area contributed by atoms with Crippen molar-refractivity contribution >= 4 is 46.6 Å².